The lowest BCUT2D eigenvalue weighted by Gasteiger charge is -2.37. The summed E-state index contributed by atoms with van der Waals surface area (Å²) < 4.78 is 17.5. The van der Waals surface area contributed by atoms with Gasteiger partial charge >= 0.3 is 0 Å². The van der Waals surface area contributed by atoms with E-state index >= 15 is 0 Å². The van der Waals surface area contributed by atoms with Gasteiger partial charge in [-0.25, -0.2) is 0 Å². The molecule has 0 bridgehead atoms. The molecule has 0 radical (unpaired) electrons. The summed E-state index contributed by atoms with van der Waals surface area (Å²) in [6.07, 6.45) is 3.68. The largest absolute Gasteiger partial charge is 0.494 e. The third-order valence-electron chi connectivity index (χ3n) is 7.57. The molecule has 1 amide bonds. The monoisotopic (exact) mass is 464 g/mol. The lowest BCUT2D eigenvalue weighted by atomic mass is 9.69. The molecule has 2 aliphatic heterocycles. The Morgan fingerprint density at radius 3 is 2.56 bits per heavy atom. The number of hydrogen-bond donors (Lipinski definition) is 0. The van der Waals surface area contributed by atoms with Gasteiger partial charge in [-0.1, -0.05) is 30.3 Å². The molecule has 2 aromatic rings. The lowest BCUT2D eigenvalue weighted by Crippen LogP contribution is -2.44. The van der Waals surface area contributed by atoms with E-state index in [0.717, 1.165) is 87.7 Å². The van der Waals surface area contributed by atoms with Crippen molar-refractivity contribution in [2.75, 3.05) is 51.0 Å². The van der Waals surface area contributed by atoms with Crippen molar-refractivity contribution in [3.05, 3.63) is 59.7 Å². The average molecular weight is 465 g/mol. The number of morpholine rings is 1. The number of carbonyl (C=O) groups excluding carboxylic acids is 1. The molecule has 0 atom stereocenters. The maximum absolute atomic E-state index is 14.0. The van der Waals surface area contributed by atoms with Crippen molar-refractivity contribution >= 4 is 11.6 Å². The summed E-state index contributed by atoms with van der Waals surface area (Å²) in [5.74, 6) is 1.07. The molecule has 2 fully saturated rings. The molecule has 6 nitrogen and oxygen atoms in total. The maximum Gasteiger partial charge on any atom is 0.238 e. The molecule has 0 N–H and O–H groups in total. The van der Waals surface area contributed by atoms with E-state index in [2.05, 4.69) is 29.2 Å². The molecular formula is C28H36N2O4. The second-order valence-electron chi connectivity index (χ2n) is 9.60. The summed E-state index contributed by atoms with van der Waals surface area (Å²) >= 11 is 0. The Morgan fingerprint density at radius 1 is 1.06 bits per heavy atom. The third-order valence-corrected chi connectivity index (χ3v) is 7.57. The van der Waals surface area contributed by atoms with Crippen LogP contribution in [-0.4, -0.2) is 63.0 Å². The highest BCUT2D eigenvalue weighted by Gasteiger charge is 2.52. The van der Waals surface area contributed by atoms with Crippen LogP contribution in [0, 0.1) is 0 Å². The van der Waals surface area contributed by atoms with Crippen LogP contribution in [-0.2, 0) is 26.2 Å². The van der Waals surface area contributed by atoms with Gasteiger partial charge in [-0.15, -0.1) is 0 Å². The molecule has 6 heteroatoms. The van der Waals surface area contributed by atoms with Gasteiger partial charge in [0.25, 0.3) is 0 Å². The number of ether oxygens (including phenoxy) is 3. The number of amides is 1. The SMILES string of the molecule is CCOc1ccc2c(c1)C1(CCC(OCCN3CCOCC3)CC1)C(=O)N2Cc1ccccc1. The van der Waals surface area contributed by atoms with E-state index in [9.17, 15) is 4.79 Å². The van der Waals surface area contributed by atoms with Gasteiger partial charge in [-0.05, 0) is 61.9 Å². The van der Waals surface area contributed by atoms with Crippen LogP contribution in [0.25, 0.3) is 0 Å². The number of carbonyl (C=O) groups is 1. The molecule has 1 spiro atoms. The molecule has 34 heavy (non-hydrogen) atoms. The minimum atomic E-state index is -0.471. The van der Waals surface area contributed by atoms with Crippen LogP contribution in [0.15, 0.2) is 48.5 Å². The number of hydrogen-bond acceptors (Lipinski definition) is 5. The fourth-order valence-corrected chi connectivity index (χ4v) is 5.70. The molecule has 0 aromatic heterocycles. The molecular weight excluding hydrogens is 428 g/mol. The van der Waals surface area contributed by atoms with Crippen molar-refractivity contribution in [2.45, 2.75) is 50.7 Å². The van der Waals surface area contributed by atoms with Gasteiger partial charge in [0, 0.05) is 25.3 Å². The molecule has 2 heterocycles. The van der Waals surface area contributed by atoms with Crippen molar-refractivity contribution in [1.29, 1.82) is 0 Å². The molecule has 182 valence electrons. The van der Waals surface area contributed by atoms with Crippen molar-refractivity contribution in [1.82, 2.24) is 4.90 Å². The minimum Gasteiger partial charge on any atom is -0.494 e. The summed E-state index contributed by atoms with van der Waals surface area (Å²) in [5, 5.41) is 0. The highest BCUT2D eigenvalue weighted by molar-refractivity contribution is 6.08. The van der Waals surface area contributed by atoms with Gasteiger partial charge in [-0.3, -0.25) is 9.69 Å². The molecule has 5 rings (SSSR count). The predicted molar refractivity (Wildman–Crippen MR) is 132 cm³/mol. The van der Waals surface area contributed by atoms with Gasteiger partial charge in [0.1, 0.15) is 5.75 Å². The van der Waals surface area contributed by atoms with Crippen molar-refractivity contribution in [3.63, 3.8) is 0 Å². The minimum absolute atomic E-state index is 0.223. The molecule has 0 unspecified atom stereocenters. The fourth-order valence-electron chi connectivity index (χ4n) is 5.70. The van der Waals surface area contributed by atoms with E-state index in [1.54, 1.807) is 0 Å². The Bertz CT molecular complexity index is 966. The zero-order valence-electron chi connectivity index (χ0n) is 20.2. The van der Waals surface area contributed by atoms with E-state index in [1.807, 2.05) is 36.1 Å². The molecule has 1 saturated carbocycles. The second kappa shape index (κ2) is 10.5. The predicted octanol–water partition coefficient (Wildman–Crippen LogP) is 4.16. The first kappa shape index (κ1) is 23.3. The standard InChI is InChI=1S/C28H36N2O4/c1-2-33-24-8-9-26-25(20-24)28(27(31)30(26)21-22-6-4-3-5-7-22)12-10-23(11-13-28)34-19-16-29-14-17-32-18-15-29/h3-9,20,23H,2,10-19,21H2,1H3. The topological polar surface area (TPSA) is 51.2 Å². The Morgan fingerprint density at radius 2 is 1.82 bits per heavy atom. The van der Waals surface area contributed by atoms with Gasteiger partial charge in [0.2, 0.25) is 5.91 Å². The van der Waals surface area contributed by atoms with Crippen molar-refractivity contribution in [3.8, 4) is 5.75 Å². The summed E-state index contributed by atoms with van der Waals surface area (Å²) in [6, 6.07) is 16.4. The first-order chi connectivity index (χ1) is 16.7. The Labute approximate surface area is 202 Å². The molecule has 1 saturated heterocycles. The fraction of sp³-hybridized carbons (Fsp3) is 0.536. The van der Waals surface area contributed by atoms with Gasteiger partial charge in [-0.2, -0.15) is 0 Å². The quantitative estimate of drug-likeness (QED) is 0.587. The van der Waals surface area contributed by atoms with Crippen LogP contribution in [0.4, 0.5) is 5.69 Å². The van der Waals surface area contributed by atoms with Gasteiger partial charge in [0.05, 0.1) is 44.5 Å². The average Bonchev–Trinajstić information content (AvgIpc) is 3.09. The second-order valence-corrected chi connectivity index (χ2v) is 9.60. The van der Waals surface area contributed by atoms with Gasteiger partial charge < -0.3 is 19.1 Å². The van der Waals surface area contributed by atoms with E-state index in [4.69, 9.17) is 14.2 Å². The highest BCUT2D eigenvalue weighted by atomic mass is 16.5. The van der Waals surface area contributed by atoms with E-state index in [0.29, 0.717) is 13.2 Å². The van der Waals surface area contributed by atoms with E-state index in [1.165, 1.54) is 0 Å². The summed E-state index contributed by atoms with van der Waals surface area (Å²) in [7, 11) is 0. The zero-order valence-corrected chi connectivity index (χ0v) is 20.2. The van der Waals surface area contributed by atoms with E-state index < -0.39 is 5.41 Å². The maximum atomic E-state index is 14.0. The van der Waals surface area contributed by atoms with Crippen molar-refractivity contribution in [2.24, 2.45) is 0 Å². The van der Waals surface area contributed by atoms with Crippen LogP contribution in [0.2, 0.25) is 0 Å². The lowest BCUT2D eigenvalue weighted by molar-refractivity contribution is -0.125. The third kappa shape index (κ3) is 4.72. The Hall–Kier alpha value is -2.41. The summed E-state index contributed by atoms with van der Waals surface area (Å²) in [6.45, 7) is 8.52. The highest BCUT2D eigenvalue weighted by Crippen LogP contribution is 2.51. The van der Waals surface area contributed by atoms with Crippen LogP contribution >= 0.6 is 0 Å². The van der Waals surface area contributed by atoms with Crippen LogP contribution in [0.3, 0.4) is 0 Å². The number of nitrogens with zero attached hydrogens (tertiary/aromatic N) is 2. The normalized spacial score (nSPS) is 25.0. The Balaban J connectivity index is 1.29. The first-order valence-corrected chi connectivity index (χ1v) is 12.7. The van der Waals surface area contributed by atoms with Crippen LogP contribution < -0.4 is 9.64 Å². The molecule has 3 aliphatic rings. The van der Waals surface area contributed by atoms with Crippen LogP contribution in [0.1, 0.15) is 43.7 Å². The number of benzene rings is 2. The summed E-state index contributed by atoms with van der Waals surface area (Å²) in [5.41, 5.74) is 2.84. The number of fused-ring (bicyclic) bond motifs is 2. The van der Waals surface area contributed by atoms with E-state index in [-0.39, 0.29) is 12.0 Å². The smallest absolute Gasteiger partial charge is 0.238 e. The summed E-state index contributed by atoms with van der Waals surface area (Å²) in [4.78, 5) is 18.4. The van der Waals surface area contributed by atoms with Crippen LogP contribution in [0.5, 0.6) is 5.75 Å². The first-order valence-electron chi connectivity index (χ1n) is 12.7. The number of anilines is 1. The Kier molecular flexibility index (Phi) is 7.18. The van der Waals surface area contributed by atoms with Crippen molar-refractivity contribution < 1.29 is 19.0 Å². The number of rotatable bonds is 8. The van der Waals surface area contributed by atoms with Gasteiger partial charge in [0.15, 0.2) is 0 Å². The zero-order chi connectivity index (χ0) is 23.4. The molecule has 1 aliphatic carbocycles. The molecule has 2 aromatic carbocycles.